The Labute approximate surface area is 206 Å². The highest BCUT2D eigenvalue weighted by Crippen LogP contribution is 2.35. The molecule has 5 heterocycles. The molecule has 0 atom stereocenters. The Kier molecular flexibility index (Phi) is 7.16. The lowest BCUT2D eigenvalue weighted by Crippen LogP contribution is -2.44. The number of halogens is 5. The minimum absolute atomic E-state index is 0.0251. The lowest BCUT2D eigenvalue weighted by atomic mass is 10.1. The monoisotopic (exact) mass is 527 g/mol. The number of aromatic nitrogens is 3. The molecule has 0 unspecified atom stereocenters. The zero-order valence-corrected chi connectivity index (χ0v) is 19.4. The first kappa shape index (κ1) is 26.1. The molecule has 2 aliphatic heterocycles. The van der Waals surface area contributed by atoms with E-state index in [1.165, 1.54) is 23.2 Å². The maximum absolute atomic E-state index is 14.5. The molecule has 0 aliphatic carbocycles. The number of urea groups is 1. The highest BCUT2D eigenvalue weighted by atomic mass is 19.4. The summed E-state index contributed by atoms with van der Waals surface area (Å²) in [6.07, 6.45) is -1.30. The van der Waals surface area contributed by atoms with E-state index < -0.39 is 29.9 Å². The maximum atomic E-state index is 14.5. The Morgan fingerprint density at radius 2 is 1.76 bits per heavy atom. The Morgan fingerprint density at radius 1 is 1.08 bits per heavy atom. The molecule has 0 bridgehead atoms. The van der Waals surface area contributed by atoms with E-state index >= 15 is 0 Å². The van der Waals surface area contributed by atoms with Gasteiger partial charge >= 0.3 is 18.2 Å². The normalized spacial score (nSPS) is 15.3. The van der Waals surface area contributed by atoms with E-state index in [9.17, 15) is 26.7 Å². The number of hydrogen-bond donors (Lipinski definition) is 3. The number of carboxylic acids is 1. The summed E-state index contributed by atoms with van der Waals surface area (Å²) in [7, 11) is 0. The molecule has 2 aliphatic rings. The van der Waals surface area contributed by atoms with E-state index in [1.54, 1.807) is 17.5 Å². The number of pyridine rings is 2. The van der Waals surface area contributed by atoms with Gasteiger partial charge in [0.25, 0.3) is 0 Å². The summed E-state index contributed by atoms with van der Waals surface area (Å²) in [6.45, 7) is 5.32. The van der Waals surface area contributed by atoms with Gasteiger partial charge in [0.15, 0.2) is 5.82 Å². The first-order valence-electron chi connectivity index (χ1n) is 11.1. The van der Waals surface area contributed by atoms with Crippen LogP contribution in [-0.2, 0) is 11.2 Å². The molecule has 0 saturated carbocycles. The number of alkyl halides is 3. The number of nitrogens with one attached hydrogen (secondary N) is 2. The molecular weight excluding hydrogens is 505 g/mol. The van der Waals surface area contributed by atoms with Gasteiger partial charge in [0.05, 0.1) is 11.4 Å². The van der Waals surface area contributed by atoms with Gasteiger partial charge in [0, 0.05) is 68.5 Å². The molecule has 10 nitrogen and oxygen atoms in total. The third-order valence-corrected chi connectivity index (χ3v) is 5.74. The molecule has 15 heteroatoms. The minimum atomic E-state index is -5.08. The molecule has 198 valence electrons. The molecule has 37 heavy (non-hydrogen) atoms. The van der Waals surface area contributed by atoms with Crippen LogP contribution in [0.3, 0.4) is 0 Å². The van der Waals surface area contributed by atoms with Gasteiger partial charge in [0.2, 0.25) is 5.95 Å². The number of aliphatic carboxylic acids is 1. The summed E-state index contributed by atoms with van der Waals surface area (Å²) in [5.41, 5.74) is 2.84. The Balaban J connectivity index is 0.000000405. The van der Waals surface area contributed by atoms with Crippen LogP contribution in [0, 0.1) is 18.7 Å². The van der Waals surface area contributed by atoms with Crippen LogP contribution >= 0.6 is 0 Å². The molecule has 1 fully saturated rings. The lowest BCUT2D eigenvalue weighted by molar-refractivity contribution is -0.192. The van der Waals surface area contributed by atoms with Gasteiger partial charge in [-0.15, -0.1) is 0 Å². The van der Waals surface area contributed by atoms with Crippen molar-refractivity contribution >= 4 is 34.8 Å². The zero-order valence-electron chi connectivity index (χ0n) is 19.4. The predicted octanol–water partition coefficient (Wildman–Crippen LogP) is 2.95. The highest BCUT2D eigenvalue weighted by molar-refractivity contribution is 6.03. The topological polar surface area (TPSA) is 115 Å². The fourth-order valence-corrected chi connectivity index (χ4v) is 4.11. The van der Waals surface area contributed by atoms with Crippen LogP contribution in [-0.4, -0.2) is 70.4 Å². The van der Waals surface area contributed by atoms with Crippen molar-refractivity contribution in [2.24, 2.45) is 0 Å². The van der Waals surface area contributed by atoms with Gasteiger partial charge in [-0.1, -0.05) is 0 Å². The molecule has 3 N–H and O–H groups in total. The lowest BCUT2D eigenvalue weighted by Gasteiger charge is -2.31. The van der Waals surface area contributed by atoms with Crippen molar-refractivity contribution in [1.82, 2.24) is 19.7 Å². The van der Waals surface area contributed by atoms with E-state index in [-0.39, 0.29) is 5.69 Å². The smallest absolute Gasteiger partial charge is 0.475 e. The van der Waals surface area contributed by atoms with Crippen molar-refractivity contribution in [2.45, 2.75) is 19.5 Å². The van der Waals surface area contributed by atoms with E-state index in [1.807, 2.05) is 0 Å². The standard InChI is InChI=1S/C20H21F2N7O.C2HF3O2/c1-12-10-28-11-15(14(21)8-18(28)24-12)25-20(30)29-5-2-13-16(9-17(22)26-19(13)29)27-6-3-23-4-7-27;3-2(4,5)1(6)7/h8-11,23H,2-7H2,1H3,(H,25,30);(H,6,7). The second kappa shape index (κ2) is 10.2. The maximum Gasteiger partial charge on any atom is 0.490 e. The Morgan fingerprint density at radius 3 is 2.41 bits per heavy atom. The summed E-state index contributed by atoms with van der Waals surface area (Å²) in [5.74, 6) is -3.69. The number of aryl methyl sites for hydroxylation is 1. The van der Waals surface area contributed by atoms with Crippen LogP contribution < -0.4 is 20.4 Å². The summed E-state index contributed by atoms with van der Waals surface area (Å²) in [4.78, 5) is 33.5. The van der Waals surface area contributed by atoms with Crippen LogP contribution in [0.5, 0.6) is 0 Å². The van der Waals surface area contributed by atoms with Crippen LogP contribution in [0.25, 0.3) is 5.65 Å². The fraction of sp³-hybridized carbons (Fsp3) is 0.364. The predicted molar refractivity (Wildman–Crippen MR) is 123 cm³/mol. The van der Waals surface area contributed by atoms with Crippen LogP contribution in [0.1, 0.15) is 11.3 Å². The SMILES string of the molecule is Cc1cn2cc(NC(=O)N3CCc4c(N5CCNCC5)cc(F)nc43)c(F)cc2n1.O=C(O)C(F)(F)F. The Bertz CT molecular complexity index is 1340. The van der Waals surface area contributed by atoms with Crippen LogP contribution in [0.15, 0.2) is 24.5 Å². The minimum Gasteiger partial charge on any atom is -0.475 e. The zero-order chi connectivity index (χ0) is 26.9. The first-order chi connectivity index (χ1) is 17.4. The third-order valence-electron chi connectivity index (χ3n) is 5.74. The number of carbonyl (C=O) groups is 2. The van der Waals surface area contributed by atoms with Crippen molar-refractivity contribution in [3.05, 3.63) is 47.5 Å². The summed E-state index contributed by atoms with van der Waals surface area (Å²) < 4.78 is 62.1. The van der Waals surface area contributed by atoms with Gasteiger partial charge < -0.3 is 25.0 Å². The highest BCUT2D eigenvalue weighted by Gasteiger charge is 2.38. The quantitative estimate of drug-likeness (QED) is 0.347. The largest absolute Gasteiger partial charge is 0.490 e. The molecule has 0 radical (unpaired) electrons. The number of anilines is 3. The Hall–Kier alpha value is -4.01. The molecule has 0 aromatic carbocycles. The number of imidazole rings is 1. The van der Waals surface area contributed by atoms with E-state index in [0.717, 1.165) is 43.1 Å². The van der Waals surface area contributed by atoms with Crippen molar-refractivity contribution in [2.75, 3.05) is 47.8 Å². The molecule has 3 aromatic heterocycles. The molecule has 3 aromatic rings. The van der Waals surface area contributed by atoms with Crippen LogP contribution in [0.2, 0.25) is 0 Å². The number of piperazine rings is 1. The molecular formula is C22H22F5N7O3. The summed E-state index contributed by atoms with van der Waals surface area (Å²) in [5, 5.41) is 13.0. The van der Waals surface area contributed by atoms with Gasteiger partial charge in [-0.2, -0.15) is 17.6 Å². The van der Waals surface area contributed by atoms with Crippen molar-refractivity contribution in [3.8, 4) is 0 Å². The van der Waals surface area contributed by atoms with E-state index in [0.29, 0.717) is 24.4 Å². The average Bonchev–Trinajstić information content (AvgIpc) is 3.41. The summed E-state index contributed by atoms with van der Waals surface area (Å²) >= 11 is 0. The number of fused-ring (bicyclic) bond motifs is 2. The summed E-state index contributed by atoms with van der Waals surface area (Å²) in [6, 6.07) is 2.15. The number of carboxylic acid groups (broad SMARTS) is 1. The van der Waals surface area contributed by atoms with Gasteiger partial charge in [-0.05, 0) is 13.3 Å². The number of nitrogens with zero attached hydrogens (tertiary/aromatic N) is 5. The van der Waals surface area contributed by atoms with E-state index in [2.05, 4.69) is 25.5 Å². The first-order valence-corrected chi connectivity index (χ1v) is 11.1. The fourth-order valence-electron chi connectivity index (χ4n) is 4.11. The number of hydrogen-bond acceptors (Lipinski definition) is 6. The molecule has 2 amide bonds. The van der Waals surface area contributed by atoms with Gasteiger partial charge in [-0.3, -0.25) is 4.90 Å². The van der Waals surface area contributed by atoms with Gasteiger partial charge in [-0.25, -0.2) is 23.9 Å². The number of carbonyl (C=O) groups excluding carboxylic acids is 1. The van der Waals surface area contributed by atoms with Gasteiger partial charge in [0.1, 0.15) is 11.5 Å². The second-order valence-electron chi connectivity index (χ2n) is 8.32. The van der Waals surface area contributed by atoms with Crippen molar-refractivity contribution in [1.29, 1.82) is 0 Å². The molecule has 5 rings (SSSR count). The van der Waals surface area contributed by atoms with Crippen molar-refractivity contribution < 1.29 is 36.6 Å². The molecule has 1 saturated heterocycles. The number of rotatable bonds is 2. The molecule has 0 spiro atoms. The average molecular weight is 527 g/mol. The van der Waals surface area contributed by atoms with Crippen molar-refractivity contribution in [3.63, 3.8) is 0 Å². The second-order valence-corrected chi connectivity index (χ2v) is 8.32. The van der Waals surface area contributed by atoms with Crippen LogP contribution in [0.4, 0.5) is 43.9 Å². The number of amides is 2. The van der Waals surface area contributed by atoms with E-state index in [4.69, 9.17) is 9.90 Å². The third kappa shape index (κ3) is 5.71.